The van der Waals surface area contributed by atoms with Gasteiger partial charge in [0.05, 0.1) is 22.4 Å². The number of thiazole rings is 1. The first-order chi connectivity index (χ1) is 20.1. The third kappa shape index (κ3) is 6.76. The lowest BCUT2D eigenvalue weighted by Crippen LogP contribution is -2.45. The van der Waals surface area contributed by atoms with Crippen molar-refractivity contribution in [3.8, 4) is 11.4 Å². The lowest BCUT2D eigenvalue weighted by atomic mass is 9.97. The van der Waals surface area contributed by atoms with E-state index in [1.807, 2.05) is 11.8 Å². The number of amides is 1. The molecular formula is C27H33Cl2N9O3S. The highest BCUT2D eigenvalue weighted by Gasteiger charge is 2.29. The van der Waals surface area contributed by atoms with Crippen molar-refractivity contribution >= 4 is 63.1 Å². The van der Waals surface area contributed by atoms with Gasteiger partial charge in [-0.1, -0.05) is 41.5 Å². The summed E-state index contributed by atoms with van der Waals surface area (Å²) in [6.45, 7) is 10.7. The van der Waals surface area contributed by atoms with Crippen LogP contribution in [0.25, 0.3) is 11.4 Å². The molecule has 1 atom stereocenters. The molecule has 0 aromatic carbocycles. The number of carbonyl (C=O) groups is 2. The van der Waals surface area contributed by atoms with Crippen LogP contribution in [0.2, 0.25) is 10.0 Å². The number of carbonyl (C=O) groups excluding carboxylic acids is 1. The molecule has 0 unspecified atom stereocenters. The summed E-state index contributed by atoms with van der Waals surface area (Å²) in [7, 11) is 2.14. The molecule has 2 fully saturated rings. The number of aromatic amines is 1. The van der Waals surface area contributed by atoms with E-state index >= 15 is 0 Å². The average molecular weight is 635 g/mol. The summed E-state index contributed by atoms with van der Waals surface area (Å²) >= 11 is 13.4. The number of likely N-dealkylation sites (N-methyl/N-ethyl adjacent to an activating group) is 1. The van der Waals surface area contributed by atoms with Gasteiger partial charge in [-0.05, 0) is 14.0 Å². The zero-order valence-corrected chi connectivity index (χ0v) is 26.0. The van der Waals surface area contributed by atoms with Crippen LogP contribution in [-0.2, 0) is 0 Å². The van der Waals surface area contributed by atoms with Crippen LogP contribution >= 0.6 is 34.5 Å². The van der Waals surface area contributed by atoms with Gasteiger partial charge in [-0.3, -0.25) is 9.69 Å². The predicted octanol–water partition coefficient (Wildman–Crippen LogP) is 4.03. The van der Waals surface area contributed by atoms with Crippen molar-refractivity contribution in [2.75, 3.05) is 69.6 Å². The summed E-state index contributed by atoms with van der Waals surface area (Å²) < 4.78 is 0. The number of aromatic nitrogens is 4. The summed E-state index contributed by atoms with van der Waals surface area (Å²) in [4.78, 5) is 52.5. The standard InChI is InChI=1S/C27H33Cl2N9O3S/c1-15-14-38(6-4-17(15)34-25(39)23-21(29)20(28)16(2)33-23)27-35-22(24(42-27)26(40)41)18-12-32-19(13-31-18)30-5-7-37-10-8-36(3)9-11-37/h12-13,15,33H,4-11,14H2,1-3H3,(H,30,32)(H,40,41)/t15-/m0/s1. The van der Waals surface area contributed by atoms with E-state index < -0.39 is 11.9 Å². The highest BCUT2D eigenvalue weighted by Crippen LogP contribution is 2.34. The molecule has 224 valence electrons. The maximum absolute atomic E-state index is 12.8. The van der Waals surface area contributed by atoms with Crippen LogP contribution in [0.5, 0.6) is 0 Å². The van der Waals surface area contributed by atoms with Crippen molar-refractivity contribution in [1.29, 1.82) is 0 Å². The van der Waals surface area contributed by atoms with Gasteiger partial charge in [0.1, 0.15) is 27.8 Å². The van der Waals surface area contributed by atoms with Crippen LogP contribution in [0.3, 0.4) is 0 Å². The molecule has 3 N–H and O–H groups in total. The minimum atomic E-state index is -1.07. The fourth-order valence-electron chi connectivity index (χ4n) is 4.99. The summed E-state index contributed by atoms with van der Waals surface area (Å²) in [5.41, 5.74) is 2.21. The van der Waals surface area contributed by atoms with Crippen LogP contribution in [0, 0.1) is 12.8 Å². The number of piperidine rings is 1. The first-order valence-electron chi connectivity index (χ1n) is 13.7. The number of H-pyrrole nitrogens is 1. The second-order valence-electron chi connectivity index (χ2n) is 10.6. The molecular weight excluding hydrogens is 601 g/mol. The molecule has 0 aliphatic carbocycles. The molecule has 5 rings (SSSR count). The van der Waals surface area contributed by atoms with Crippen molar-refractivity contribution < 1.29 is 14.7 Å². The number of nitrogens with one attached hydrogen (secondary N) is 2. The Labute approximate surface area is 257 Å². The van der Waals surface area contributed by atoms with E-state index in [9.17, 15) is 14.7 Å². The lowest BCUT2D eigenvalue weighted by Gasteiger charge is -2.32. The number of hydrogen-bond donors (Lipinski definition) is 3. The number of carboxylic acids is 1. The molecule has 2 aliphatic heterocycles. The summed E-state index contributed by atoms with van der Waals surface area (Å²) in [6, 6.07) is 0. The quantitative estimate of drug-likeness (QED) is 0.333. The number of aryl methyl sites for hydroxylation is 1. The monoisotopic (exact) mass is 633 g/mol. The maximum Gasteiger partial charge on any atom is 0.348 e. The molecule has 0 radical (unpaired) electrons. The molecule has 12 nitrogen and oxygen atoms in total. The molecule has 42 heavy (non-hydrogen) atoms. The molecule has 15 heteroatoms. The Morgan fingerprint density at radius 3 is 2.55 bits per heavy atom. The van der Waals surface area contributed by atoms with Gasteiger partial charge >= 0.3 is 5.97 Å². The van der Waals surface area contributed by atoms with E-state index in [2.05, 4.69) is 47.1 Å². The number of piperazine rings is 1. The largest absolute Gasteiger partial charge is 0.477 e. The van der Waals surface area contributed by atoms with Gasteiger partial charge in [0, 0.05) is 76.1 Å². The second kappa shape index (κ2) is 13.0. The van der Waals surface area contributed by atoms with E-state index in [1.165, 1.54) is 0 Å². The summed E-state index contributed by atoms with van der Waals surface area (Å²) in [5.74, 6) is -0.973. The molecule has 1 amide bonds. The van der Waals surface area contributed by atoms with Crippen molar-refractivity contribution in [1.82, 2.24) is 29.7 Å². The Hall–Kier alpha value is -3.10. The van der Waals surface area contributed by atoms with Crippen molar-refractivity contribution in [2.24, 2.45) is 10.9 Å². The molecule has 3 aromatic heterocycles. The minimum absolute atomic E-state index is 0.0652. The molecule has 0 bridgehead atoms. The Kier molecular flexibility index (Phi) is 9.43. The Bertz CT molecular complexity index is 1480. The number of aliphatic imine (C=N–C) groups is 1. The first kappa shape index (κ1) is 30.4. The lowest BCUT2D eigenvalue weighted by molar-refractivity contribution is 0.0702. The number of anilines is 2. The molecule has 0 saturated carbocycles. The third-order valence-corrected chi connectivity index (χ3v) is 9.57. The average Bonchev–Trinajstić information content (AvgIpc) is 3.53. The van der Waals surface area contributed by atoms with Crippen LogP contribution in [0.4, 0.5) is 10.9 Å². The zero-order valence-electron chi connectivity index (χ0n) is 23.7. The van der Waals surface area contributed by atoms with E-state index in [-0.39, 0.29) is 27.2 Å². The number of carboxylic acid groups (broad SMARTS) is 1. The molecule has 2 aliphatic rings. The van der Waals surface area contributed by atoms with E-state index in [0.717, 1.165) is 56.3 Å². The number of aromatic carboxylic acids is 1. The van der Waals surface area contributed by atoms with Gasteiger partial charge in [0.2, 0.25) is 0 Å². The molecule has 5 heterocycles. The smallest absolute Gasteiger partial charge is 0.348 e. The number of nitrogens with zero attached hydrogens (tertiary/aromatic N) is 7. The van der Waals surface area contributed by atoms with Crippen LogP contribution in [-0.4, -0.2) is 112 Å². The van der Waals surface area contributed by atoms with Crippen LogP contribution < -0.4 is 10.2 Å². The summed E-state index contributed by atoms with van der Waals surface area (Å²) in [5, 5.41) is 14.2. The van der Waals surface area contributed by atoms with Crippen molar-refractivity contribution in [2.45, 2.75) is 20.3 Å². The SMILES string of the molecule is Cc1[nH]c(C(=O)N=C2CCN(c3nc(-c4cnc(NCCN5CCN(C)CC5)cn4)c(C(=O)O)s3)C[C@@H]2C)c(Cl)c1Cl. The number of halogens is 2. The third-order valence-electron chi connectivity index (χ3n) is 7.52. The predicted molar refractivity (Wildman–Crippen MR) is 166 cm³/mol. The minimum Gasteiger partial charge on any atom is -0.477 e. The fraction of sp³-hybridized carbons (Fsp3) is 0.481. The van der Waals surface area contributed by atoms with Gasteiger partial charge in [-0.25, -0.2) is 24.7 Å². The summed E-state index contributed by atoms with van der Waals surface area (Å²) in [6.07, 6.45) is 3.68. The zero-order chi connectivity index (χ0) is 30.0. The van der Waals surface area contributed by atoms with Gasteiger partial charge < -0.3 is 25.2 Å². The van der Waals surface area contributed by atoms with Gasteiger partial charge in [0.15, 0.2) is 5.13 Å². The van der Waals surface area contributed by atoms with Crippen LogP contribution in [0.15, 0.2) is 17.4 Å². The topological polar surface area (TPSA) is 143 Å². The van der Waals surface area contributed by atoms with E-state index in [1.54, 1.807) is 19.3 Å². The second-order valence-corrected chi connectivity index (χ2v) is 12.3. The van der Waals surface area contributed by atoms with E-state index in [4.69, 9.17) is 23.2 Å². The van der Waals surface area contributed by atoms with Crippen molar-refractivity contribution in [3.63, 3.8) is 0 Å². The fourth-order valence-corrected chi connectivity index (χ4v) is 6.35. The Morgan fingerprint density at radius 2 is 1.93 bits per heavy atom. The normalized spacial score (nSPS) is 19.4. The Balaban J connectivity index is 1.23. The van der Waals surface area contributed by atoms with Crippen LogP contribution in [0.1, 0.15) is 39.2 Å². The molecule has 3 aromatic rings. The molecule has 0 spiro atoms. The highest BCUT2D eigenvalue weighted by atomic mass is 35.5. The molecule has 2 saturated heterocycles. The first-order valence-corrected chi connectivity index (χ1v) is 15.3. The van der Waals surface area contributed by atoms with Gasteiger partial charge in [-0.2, -0.15) is 0 Å². The van der Waals surface area contributed by atoms with Gasteiger partial charge in [-0.15, -0.1) is 0 Å². The van der Waals surface area contributed by atoms with Crippen molar-refractivity contribution in [3.05, 3.63) is 38.7 Å². The highest BCUT2D eigenvalue weighted by molar-refractivity contribution is 7.17. The van der Waals surface area contributed by atoms with E-state index in [0.29, 0.717) is 46.9 Å². The number of rotatable bonds is 8. The van der Waals surface area contributed by atoms with Gasteiger partial charge in [0.25, 0.3) is 5.91 Å². The maximum atomic E-state index is 12.8. The Morgan fingerprint density at radius 1 is 1.17 bits per heavy atom. The number of hydrogen-bond acceptors (Lipinski definition) is 10.